The van der Waals surface area contributed by atoms with Crippen molar-refractivity contribution in [3.05, 3.63) is 72.3 Å². The molecule has 1 heterocycles. The summed E-state index contributed by atoms with van der Waals surface area (Å²) < 4.78 is 1.45. The number of benzene rings is 2. The van der Waals surface area contributed by atoms with E-state index >= 15 is 0 Å². The predicted octanol–water partition coefficient (Wildman–Crippen LogP) is 3.60. The molecule has 0 aliphatic carbocycles. The Morgan fingerprint density at radius 2 is 1.48 bits per heavy atom. The number of hydrogen-bond donors (Lipinski definition) is 2. The van der Waals surface area contributed by atoms with Gasteiger partial charge in [-0.2, -0.15) is 5.10 Å². The van der Waals surface area contributed by atoms with Crippen molar-refractivity contribution in [2.45, 2.75) is 39.2 Å². The van der Waals surface area contributed by atoms with Gasteiger partial charge in [0.1, 0.15) is 18.7 Å². The summed E-state index contributed by atoms with van der Waals surface area (Å²) in [6, 6.07) is 13.0. The maximum Gasteiger partial charge on any atom is 0.296 e. The molecule has 2 N–H and O–H groups in total. The third kappa shape index (κ3) is 5.42. The fourth-order valence-corrected chi connectivity index (χ4v) is 2.86. The predicted molar refractivity (Wildman–Crippen MR) is 118 cm³/mol. The normalized spacial score (nSPS) is 12.1. The van der Waals surface area contributed by atoms with Gasteiger partial charge in [0.05, 0.1) is 0 Å². The molecule has 0 radical (unpaired) electrons. The summed E-state index contributed by atoms with van der Waals surface area (Å²) in [6.45, 7) is 7.95. The maximum atomic E-state index is 12.4. The first-order valence-corrected chi connectivity index (χ1v) is 9.86. The smallest absolute Gasteiger partial charge is 0.296 e. The minimum Gasteiger partial charge on any atom is -0.324 e. The van der Waals surface area contributed by atoms with Gasteiger partial charge in [-0.1, -0.05) is 45.0 Å². The number of amides is 2. The Morgan fingerprint density at radius 3 is 2.00 bits per heavy atom. The van der Waals surface area contributed by atoms with Crippen LogP contribution in [0, 0.1) is 0 Å². The number of rotatable bonds is 6. The molecular formula is C23H25N5O3. The molecule has 0 fully saturated rings. The highest BCUT2D eigenvalue weighted by molar-refractivity contribution is 6.46. The number of Topliss-reactive ketones (excluding diaryl/α,β-unsaturated/α-hetero) is 1. The Labute approximate surface area is 180 Å². The summed E-state index contributed by atoms with van der Waals surface area (Å²) in [5.74, 6) is -1.59. The van der Waals surface area contributed by atoms with Gasteiger partial charge in [0.2, 0.25) is 5.91 Å². The molecule has 1 aromatic heterocycles. The van der Waals surface area contributed by atoms with E-state index in [0.717, 1.165) is 5.56 Å². The molecule has 0 aliphatic heterocycles. The molecule has 3 aromatic rings. The van der Waals surface area contributed by atoms with Crippen molar-refractivity contribution in [3.8, 4) is 0 Å². The van der Waals surface area contributed by atoms with Crippen molar-refractivity contribution in [3.63, 3.8) is 0 Å². The number of aromatic nitrogens is 3. The van der Waals surface area contributed by atoms with Gasteiger partial charge in [0.25, 0.3) is 11.7 Å². The fourth-order valence-electron chi connectivity index (χ4n) is 2.86. The molecule has 3 rings (SSSR count). The van der Waals surface area contributed by atoms with E-state index < -0.39 is 17.7 Å². The zero-order valence-electron chi connectivity index (χ0n) is 17.9. The molecule has 1 atom stereocenters. The second-order valence-corrected chi connectivity index (χ2v) is 8.23. The average Bonchev–Trinajstić information content (AvgIpc) is 3.28. The Bertz CT molecular complexity index is 1070. The highest BCUT2D eigenvalue weighted by Crippen LogP contribution is 2.22. The molecule has 0 bridgehead atoms. The molecule has 8 heteroatoms. The summed E-state index contributed by atoms with van der Waals surface area (Å²) in [5.41, 5.74) is 2.39. The van der Waals surface area contributed by atoms with E-state index in [1.54, 1.807) is 43.3 Å². The quantitative estimate of drug-likeness (QED) is 0.469. The summed E-state index contributed by atoms with van der Waals surface area (Å²) >= 11 is 0. The van der Waals surface area contributed by atoms with Crippen molar-refractivity contribution in [1.29, 1.82) is 0 Å². The first kappa shape index (κ1) is 21.9. The Morgan fingerprint density at radius 1 is 0.903 bits per heavy atom. The summed E-state index contributed by atoms with van der Waals surface area (Å²) in [5, 5.41) is 9.31. The number of hydrogen-bond acceptors (Lipinski definition) is 5. The van der Waals surface area contributed by atoms with Gasteiger partial charge in [0, 0.05) is 16.9 Å². The SMILES string of the molecule is CC(C(=O)Nc1ccc(NC(=O)C(=O)c2ccc(C(C)(C)C)cc2)cc1)n1cncn1. The molecule has 0 saturated heterocycles. The molecular weight excluding hydrogens is 394 g/mol. The number of nitrogens with one attached hydrogen (secondary N) is 2. The van der Waals surface area contributed by atoms with Crippen molar-refractivity contribution >= 4 is 29.0 Å². The van der Waals surface area contributed by atoms with E-state index in [0.29, 0.717) is 16.9 Å². The van der Waals surface area contributed by atoms with E-state index in [1.165, 1.54) is 17.3 Å². The second-order valence-electron chi connectivity index (χ2n) is 8.23. The van der Waals surface area contributed by atoms with Crippen LogP contribution >= 0.6 is 0 Å². The summed E-state index contributed by atoms with van der Waals surface area (Å²) in [7, 11) is 0. The van der Waals surface area contributed by atoms with E-state index in [9.17, 15) is 14.4 Å². The number of carbonyl (C=O) groups is 3. The molecule has 1 unspecified atom stereocenters. The minimum absolute atomic E-state index is 0.0337. The number of carbonyl (C=O) groups excluding carboxylic acids is 3. The lowest BCUT2D eigenvalue weighted by molar-refractivity contribution is -0.119. The van der Waals surface area contributed by atoms with Crippen LogP contribution in [0.5, 0.6) is 0 Å². The van der Waals surface area contributed by atoms with Crippen LogP contribution in [0.1, 0.15) is 49.7 Å². The molecule has 2 aromatic carbocycles. The van der Waals surface area contributed by atoms with Crippen LogP contribution in [0.4, 0.5) is 11.4 Å². The summed E-state index contributed by atoms with van der Waals surface area (Å²) in [4.78, 5) is 40.9. The van der Waals surface area contributed by atoms with E-state index in [1.807, 2.05) is 12.1 Å². The minimum atomic E-state index is -0.722. The zero-order valence-corrected chi connectivity index (χ0v) is 17.9. The standard InChI is InChI=1S/C23H25N5O3/c1-15(28-14-24-13-25-28)21(30)26-18-9-11-19(12-10-18)27-22(31)20(29)16-5-7-17(8-6-16)23(2,3)4/h5-15H,1-4H3,(H,26,30)(H,27,31). The van der Waals surface area contributed by atoms with Crippen molar-refractivity contribution in [1.82, 2.24) is 14.8 Å². The highest BCUT2D eigenvalue weighted by Gasteiger charge is 2.19. The summed E-state index contributed by atoms with van der Waals surface area (Å²) in [6.07, 6.45) is 2.83. The molecule has 0 aliphatic rings. The first-order chi connectivity index (χ1) is 14.6. The van der Waals surface area contributed by atoms with E-state index in [2.05, 4.69) is 41.5 Å². The fraction of sp³-hybridized carbons (Fsp3) is 0.261. The number of nitrogens with zero attached hydrogens (tertiary/aromatic N) is 3. The Kier molecular flexibility index (Phi) is 6.29. The van der Waals surface area contributed by atoms with E-state index in [-0.39, 0.29) is 11.3 Å². The number of anilines is 2. The van der Waals surface area contributed by atoms with Gasteiger partial charge >= 0.3 is 0 Å². The molecule has 31 heavy (non-hydrogen) atoms. The average molecular weight is 419 g/mol. The van der Waals surface area contributed by atoms with Crippen LogP contribution in [0.15, 0.2) is 61.2 Å². The first-order valence-electron chi connectivity index (χ1n) is 9.86. The van der Waals surface area contributed by atoms with Crippen LogP contribution in [-0.4, -0.2) is 32.4 Å². The molecule has 160 valence electrons. The maximum absolute atomic E-state index is 12.4. The Balaban J connectivity index is 1.59. The van der Waals surface area contributed by atoms with Gasteiger partial charge in [-0.05, 0) is 42.2 Å². The van der Waals surface area contributed by atoms with Crippen LogP contribution < -0.4 is 10.6 Å². The van der Waals surface area contributed by atoms with Crippen LogP contribution in [0.2, 0.25) is 0 Å². The van der Waals surface area contributed by atoms with Gasteiger partial charge in [-0.25, -0.2) is 9.67 Å². The van der Waals surface area contributed by atoms with E-state index in [4.69, 9.17) is 0 Å². The molecule has 0 saturated carbocycles. The van der Waals surface area contributed by atoms with Crippen molar-refractivity contribution in [2.24, 2.45) is 0 Å². The van der Waals surface area contributed by atoms with Gasteiger partial charge in [-0.15, -0.1) is 0 Å². The largest absolute Gasteiger partial charge is 0.324 e. The highest BCUT2D eigenvalue weighted by atomic mass is 16.2. The van der Waals surface area contributed by atoms with Crippen LogP contribution in [0.25, 0.3) is 0 Å². The molecule has 2 amide bonds. The molecule has 0 spiro atoms. The lowest BCUT2D eigenvalue weighted by Crippen LogP contribution is -2.24. The lowest BCUT2D eigenvalue weighted by atomic mass is 9.86. The van der Waals surface area contributed by atoms with Crippen molar-refractivity contribution in [2.75, 3.05) is 10.6 Å². The lowest BCUT2D eigenvalue weighted by Gasteiger charge is -2.18. The zero-order chi connectivity index (χ0) is 22.6. The van der Waals surface area contributed by atoms with Crippen LogP contribution in [-0.2, 0) is 15.0 Å². The third-order valence-electron chi connectivity index (χ3n) is 4.84. The Hall–Kier alpha value is -3.81. The number of ketones is 1. The van der Waals surface area contributed by atoms with Gasteiger partial charge in [0.15, 0.2) is 0 Å². The van der Waals surface area contributed by atoms with Gasteiger partial charge in [-0.3, -0.25) is 14.4 Å². The third-order valence-corrected chi connectivity index (χ3v) is 4.84. The van der Waals surface area contributed by atoms with Gasteiger partial charge < -0.3 is 10.6 Å². The molecule has 8 nitrogen and oxygen atoms in total. The van der Waals surface area contributed by atoms with Crippen LogP contribution in [0.3, 0.4) is 0 Å². The topological polar surface area (TPSA) is 106 Å². The monoisotopic (exact) mass is 419 g/mol. The second kappa shape index (κ2) is 8.91. The van der Waals surface area contributed by atoms with Crippen molar-refractivity contribution < 1.29 is 14.4 Å².